The maximum absolute atomic E-state index is 14.3. The molecule has 2 heterocycles. The van der Waals surface area contributed by atoms with Crippen LogP contribution in [0.15, 0.2) is 109 Å². The van der Waals surface area contributed by atoms with Crippen molar-refractivity contribution in [3.05, 3.63) is 135 Å². The van der Waals surface area contributed by atoms with Gasteiger partial charge in [0.2, 0.25) is 0 Å². The largest absolute Gasteiger partial charge is 0.496 e. The number of rotatable bonds is 8. The number of allylic oxidation sites excluding steroid dienone is 1. The summed E-state index contributed by atoms with van der Waals surface area (Å²) in [7, 11) is 1.58. The van der Waals surface area contributed by atoms with E-state index < -0.39 is 12.0 Å². The maximum Gasteiger partial charge on any atom is 0.338 e. The topological polar surface area (TPSA) is 79.1 Å². The number of hydrogen-bond donors (Lipinski definition) is 0. The van der Waals surface area contributed by atoms with Crippen LogP contribution in [-0.4, -0.2) is 24.3 Å². The molecule has 1 aromatic heterocycles. The van der Waals surface area contributed by atoms with E-state index in [0.29, 0.717) is 44.3 Å². The van der Waals surface area contributed by atoms with Gasteiger partial charge < -0.3 is 14.2 Å². The molecule has 228 valence electrons. The molecule has 4 aromatic carbocycles. The molecule has 0 amide bonds. The lowest BCUT2D eigenvalue weighted by atomic mass is 9.90. The number of fused-ring (bicyclic) bond motifs is 2. The first-order chi connectivity index (χ1) is 21.8. The highest BCUT2D eigenvalue weighted by atomic mass is 79.9. The molecule has 0 saturated carbocycles. The smallest absolute Gasteiger partial charge is 0.338 e. The number of nitrogens with zero attached hydrogens (tertiary/aromatic N) is 2. The number of thiazole rings is 1. The van der Waals surface area contributed by atoms with Crippen LogP contribution in [-0.2, 0) is 16.1 Å². The summed E-state index contributed by atoms with van der Waals surface area (Å²) in [5.74, 6) is 0.700. The number of hydrogen-bond acceptors (Lipinski definition) is 7. The first-order valence-corrected chi connectivity index (χ1v) is 16.6. The van der Waals surface area contributed by atoms with E-state index in [1.807, 2.05) is 84.9 Å². The summed E-state index contributed by atoms with van der Waals surface area (Å²) in [6, 6.07) is 24.6. The van der Waals surface area contributed by atoms with Crippen LogP contribution in [0.25, 0.3) is 16.8 Å². The molecule has 0 aliphatic carbocycles. The fourth-order valence-corrected chi connectivity index (χ4v) is 7.98. The van der Waals surface area contributed by atoms with Crippen molar-refractivity contribution in [1.29, 1.82) is 0 Å². The molecule has 0 bridgehead atoms. The minimum absolute atomic E-state index is 0.189. The van der Waals surface area contributed by atoms with Crippen molar-refractivity contribution in [3.8, 4) is 11.5 Å². The van der Waals surface area contributed by atoms with Crippen molar-refractivity contribution in [3.63, 3.8) is 0 Å². The zero-order valence-electron chi connectivity index (χ0n) is 24.7. The van der Waals surface area contributed by atoms with Gasteiger partial charge in [-0.2, -0.15) is 0 Å². The number of benzene rings is 4. The third kappa shape index (κ3) is 6.02. The van der Waals surface area contributed by atoms with Crippen molar-refractivity contribution in [2.24, 2.45) is 4.99 Å². The molecule has 0 fully saturated rings. The molecule has 6 rings (SSSR count). The highest BCUT2D eigenvalue weighted by molar-refractivity contribution is 9.11. The van der Waals surface area contributed by atoms with E-state index in [1.165, 1.54) is 11.3 Å². The third-order valence-corrected chi connectivity index (χ3v) is 9.65. The van der Waals surface area contributed by atoms with Gasteiger partial charge in [0.1, 0.15) is 24.1 Å². The molecule has 1 atom stereocenters. The number of ether oxygens (including phenoxy) is 3. The highest BCUT2D eigenvalue weighted by Gasteiger charge is 2.36. The maximum atomic E-state index is 14.3. The van der Waals surface area contributed by atoms with Gasteiger partial charge in [0.05, 0.1) is 38.5 Å². The van der Waals surface area contributed by atoms with Crippen LogP contribution < -0.4 is 24.4 Å². The van der Waals surface area contributed by atoms with E-state index in [9.17, 15) is 9.59 Å². The lowest BCUT2D eigenvalue weighted by molar-refractivity contribution is -0.139. The molecular formula is C35H28Br2N2O5S. The van der Waals surface area contributed by atoms with Crippen LogP contribution in [0.1, 0.15) is 36.6 Å². The van der Waals surface area contributed by atoms with Crippen LogP contribution in [0.4, 0.5) is 0 Å². The molecule has 45 heavy (non-hydrogen) atoms. The molecule has 0 spiro atoms. The Morgan fingerprint density at radius 1 is 1.02 bits per heavy atom. The number of carbonyl (C=O) groups excluding carboxylic acids is 1. The molecule has 1 aliphatic heterocycles. The van der Waals surface area contributed by atoms with Crippen molar-refractivity contribution in [2.45, 2.75) is 26.5 Å². The van der Waals surface area contributed by atoms with E-state index >= 15 is 0 Å². The van der Waals surface area contributed by atoms with E-state index in [0.717, 1.165) is 30.8 Å². The summed E-state index contributed by atoms with van der Waals surface area (Å²) in [6.07, 6.45) is 1.82. The van der Waals surface area contributed by atoms with E-state index in [1.54, 1.807) is 25.5 Å². The summed E-state index contributed by atoms with van der Waals surface area (Å²) in [5, 5.41) is 1.82. The summed E-state index contributed by atoms with van der Waals surface area (Å²) >= 11 is 8.55. The third-order valence-electron chi connectivity index (χ3n) is 7.49. The van der Waals surface area contributed by atoms with Gasteiger partial charge in [-0.1, -0.05) is 72.0 Å². The van der Waals surface area contributed by atoms with Gasteiger partial charge in [0, 0.05) is 5.56 Å². The Labute approximate surface area is 280 Å². The van der Waals surface area contributed by atoms with Gasteiger partial charge >= 0.3 is 5.97 Å². The average molecular weight is 748 g/mol. The van der Waals surface area contributed by atoms with Crippen molar-refractivity contribution >= 4 is 66.0 Å². The Morgan fingerprint density at radius 3 is 2.44 bits per heavy atom. The second-order valence-electron chi connectivity index (χ2n) is 10.3. The Bertz CT molecular complexity index is 2130. The van der Waals surface area contributed by atoms with Gasteiger partial charge in [-0.25, -0.2) is 9.79 Å². The Hall–Kier alpha value is -3.99. The Morgan fingerprint density at radius 2 is 1.73 bits per heavy atom. The molecule has 0 unspecified atom stereocenters. The fraction of sp³-hybridized carbons (Fsp3) is 0.171. The predicted molar refractivity (Wildman–Crippen MR) is 184 cm³/mol. The van der Waals surface area contributed by atoms with Crippen LogP contribution in [0.5, 0.6) is 11.5 Å². The first-order valence-electron chi connectivity index (χ1n) is 14.2. The van der Waals surface area contributed by atoms with Gasteiger partial charge in [-0.05, 0) is 91.9 Å². The molecule has 0 N–H and O–H groups in total. The number of halogens is 2. The number of methoxy groups -OCH3 is 1. The second-order valence-corrected chi connectivity index (χ2v) is 13.0. The fourth-order valence-electron chi connectivity index (χ4n) is 5.48. The number of esters is 1. The lowest BCUT2D eigenvalue weighted by Crippen LogP contribution is -2.40. The number of carbonyl (C=O) groups is 1. The summed E-state index contributed by atoms with van der Waals surface area (Å²) in [5.41, 5.74) is 3.06. The zero-order chi connectivity index (χ0) is 31.7. The van der Waals surface area contributed by atoms with Crippen LogP contribution in [0, 0.1) is 0 Å². The Kier molecular flexibility index (Phi) is 9.07. The molecule has 10 heteroatoms. The van der Waals surface area contributed by atoms with E-state index in [2.05, 4.69) is 31.9 Å². The molecule has 5 aromatic rings. The average Bonchev–Trinajstić information content (AvgIpc) is 3.33. The minimum atomic E-state index is -0.810. The van der Waals surface area contributed by atoms with Crippen LogP contribution in [0.2, 0.25) is 0 Å². The molecule has 0 saturated heterocycles. The SMILES string of the molecule is CCOC(=O)C1=C(C)N=c2s/c(=C\c3cc(Br)c(OCc4ccccc4)c(Br)c3)c(=O)n2[C@@H]1c1c(OC)ccc2ccccc12. The van der Waals surface area contributed by atoms with Crippen molar-refractivity contribution in [2.75, 3.05) is 13.7 Å². The van der Waals surface area contributed by atoms with E-state index in [-0.39, 0.29) is 12.2 Å². The van der Waals surface area contributed by atoms with Gasteiger partial charge in [0.25, 0.3) is 5.56 Å². The van der Waals surface area contributed by atoms with Crippen molar-refractivity contribution in [1.82, 2.24) is 4.57 Å². The monoisotopic (exact) mass is 746 g/mol. The molecular weight excluding hydrogens is 720 g/mol. The highest BCUT2D eigenvalue weighted by Crippen LogP contribution is 2.40. The number of aromatic nitrogens is 1. The first kappa shape index (κ1) is 31.0. The molecule has 0 radical (unpaired) electrons. The predicted octanol–water partition coefficient (Wildman–Crippen LogP) is 7.06. The standard InChI is InChI=1S/C35H28Br2N2O5S/c1-4-43-34(41)29-20(2)38-35-39(31(29)30-24-13-9-8-12-23(24)14-15-27(30)42-3)33(40)28(45-35)18-22-16-25(36)32(26(37)17-22)44-19-21-10-6-5-7-11-21/h5-18,31H,4,19H2,1-3H3/b28-18-/t31-/m0/s1. The molecule has 1 aliphatic rings. The zero-order valence-corrected chi connectivity index (χ0v) is 28.7. The van der Waals surface area contributed by atoms with Crippen LogP contribution >= 0.6 is 43.2 Å². The van der Waals surface area contributed by atoms with Crippen molar-refractivity contribution < 1.29 is 19.0 Å². The summed E-state index contributed by atoms with van der Waals surface area (Å²) in [6.45, 7) is 4.13. The van der Waals surface area contributed by atoms with E-state index in [4.69, 9.17) is 19.2 Å². The van der Waals surface area contributed by atoms with Gasteiger partial charge in [0.15, 0.2) is 4.80 Å². The second kappa shape index (κ2) is 13.2. The lowest BCUT2D eigenvalue weighted by Gasteiger charge is -2.27. The Balaban J connectivity index is 1.50. The summed E-state index contributed by atoms with van der Waals surface area (Å²) in [4.78, 5) is 33.0. The van der Waals surface area contributed by atoms with Crippen LogP contribution in [0.3, 0.4) is 0 Å². The van der Waals surface area contributed by atoms with Gasteiger partial charge in [-0.3, -0.25) is 9.36 Å². The normalized spacial score (nSPS) is 14.7. The molecule has 7 nitrogen and oxygen atoms in total. The summed E-state index contributed by atoms with van der Waals surface area (Å²) < 4.78 is 20.9. The minimum Gasteiger partial charge on any atom is -0.496 e. The quantitative estimate of drug-likeness (QED) is 0.159. The van der Waals surface area contributed by atoms with Gasteiger partial charge in [-0.15, -0.1) is 0 Å².